The first-order valence-corrected chi connectivity index (χ1v) is 18.8. The van der Waals surface area contributed by atoms with E-state index in [9.17, 15) is 4.55 Å². The van der Waals surface area contributed by atoms with E-state index in [1.54, 1.807) is 7.11 Å². The molecular formula is C29H44ClIN2O5SSi. The Hall–Kier alpha value is -0.893. The Morgan fingerprint density at radius 3 is 2.30 bits per heavy atom. The van der Waals surface area contributed by atoms with Crippen LogP contribution in [0.4, 0.5) is 0 Å². The molecular weight excluding hydrogens is 679 g/mol. The number of methoxy groups -OCH3 is 1. The molecule has 0 N–H and O–H groups in total. The van der Waals surface area contributed by atoms with Crippen LogP contribution in [0.5, 0.6) is 11.5 Å². The molecule has 1 aromatic carbocycles. The van der Waals surface area contributed by atoms with Crippen molar-refractivity contribution in [2.24, 2.45) is 4.40 Å². The highest BCUT2D eigenvalue weighted by atomic mass is 127. The predicted molar refractivity (Wildman–Crippen MR) is 177 cm³/mol. The summed E-state index contributed by atoms with van der Waals surface area (Å²) >= 11 is 7.37. The number of benzene rings is 1. The van der Waals surface area contributed by atoms with Gasteiger partial charge in [0.2, 0.25) is 0 Å². The van der Waals surface area contributed by atoms with Gasteiger partial charge >= 0.3 is 0 Å². The quantitative estimate of drug-likeness (QED) is 0.0517. The third kappa shape index (κ3) is 10.7. The van der Waals surface area contributed by atoms with Gasteiger partial charge in [-0.25, -0.2) is 4.98 Å². The van der Waals surface area contributed by atoms with Crippen LogP contribution in [-0.4, -0.2) is 48.6 Å². The Balaban J connectivity index is 2.11. The third-order valence-corrected chi connectivity index (χ3v) is 13.8. The van der Waals surface area contributed by atoms with Gasteiger partial charge in [0.15, 0.2) is 19.2 Å². The van der Waals surface area contributed by atoms with Crippen molar-refractivity contribution in [2.75, 3.05) is 20.3 Å². The molecule has 0 radical (unpaired) electrons. The van der Waals surface area contributed by atoms with E-state index in [2.05, 4.69) is 65.8 Å². The second kappa shape index (κ2) is 15.0. The average molecular weight is 723 g/mol. The lowest BCUT2D eigenvalue weighted by atomic mass is 10.2. The molecule has 0 aliphatic heterocycles. The van der Waals surface area contributed by atoms with Crippen molar-refractivity contribution in [3.8, 4) is 11.5 Å². The molecule has 0 aliphatic rings. The topological polar surface area (TPSA) is 85.2 Å². The van der Waals surface area contributed by atoms with Crippen LogP contribution < -0.4 is 9.47 Å². The van der Waals surface area contributed by atoms with E-state index in [0.717, 1.165) is 20.6 Å². The predicted octanol–water partition coefficient (Wildman–Crippen LogP) is 8.32. The van der Waals surface area contributed by atoms with Crippen LogP contribution in [0.15, 0.2) is 34.7 Å². The standard InChI is InChI=1S/C29H44ClIN2O5SSi/c1-20(38-40(9,10)29(5,6)7)25-17-24(31)26(27(30)32-25)37-19-22(33-39(34)28(2,3)4)15-16-36-18-21-11-13-23(35-8)14-12-21/h11-14,17,20H,15-16,18-19H2,1-10H3/b33-22+. The molecule has 2 aromatic rings. The van der Waals surface area contributed by atoms with E-state index in [1.165, 1.54) is 0 Å². The number of rotatable bonds is 13. The fraction of sp³-hybridized carbons (Fsp3) is 0.586. The highest BCUT2D eigenvalue weighted by molar-refractivity contribution is 14.1. The minimum atomic E-state index is -1.98. The third-order valence-electron chi connectivity index (χ3n) is 6.68. The van der Waals surface area contributed by atoms with Gasteiger partial charge in [-0.3, -0.25) is 0 Å². The minimum Gasteiger partial charge on any atom is -0.591 e. The molecule has 11 heteroatoms. The average Bonchev–Trinajstić information content (AvgIpc) is 2.84. The second-order valence-corrected chi connectivity index (χ2v) is 20.3. The van der Waals surface area contributed by atoms with Gasteiger partial charge in [-0.1, -0.05) is 48.9 Å². The summed E-state index contributed by atoms with van der Waals surface area (Å²) in [5, 5.41) is 0.349. The Morgan fingerprint density at radius 2 is 1.77 bits per heavy atom. The van der Waals surface area contributed by atoms with E-state index in [0.29, 0.717) is 31.1 Å². The summed E-state index contributed by atoms with van der Waals surface area (Å²) in [6.45, 7) is 19.7. The van der Waals surface area contributed by atoms with Crippen molar-refractivity contribution in [1.29, 1.82) is 0 Å². The molecule has 2 rings (SSSR count). The number of nitrogens with zero attached hydrogens (tertiary/aromatic N) is 2. The van der Waals surface area contributed by atoms with Gasteiger partial charge < -0.3 is 23.2 Å². The maximum absolute atomic E-state index is 12.8. The summed E-state index contributed by atoms with van der Waals surface area (Å²) in [5.74, 6) is 1.27. The molecule has 0 spiro atoms. The SMILES string of the molecule is COc1ccc(COCC/C(COc2c(I)cc(C(C)O[Si](C)(C)C(C)(C)C)nc2Cl)=N\[S+]([O-])C(C)(C)C)cc1. The van der Waals surface area contributed by atoms with Crippen molar-refractivity contribution in [3.63, 3.8) is 0 Å². The highest BCUT2D eigenvalue weighted by Gasteiger charge is 2.39. The largest absolute Gasteiger partial charge is 0.591 e. The maximum Gasteiger partial charge on any atom is 0.192 e. The maximum atomic E-state index is 12.8. The number of hydrogen-bond acceptors (Lipinski definition) is 7. The van der Waals surface area contributed by atoms with Crippen LogP contribution >= 0.6 is 34.2 Å². The van der Waals surface area contributed by atoms with Gasteiger partial charge in [-0.15, -0.1) is 0 Å². The zero-order valence-corrected chi connectivity index (χ0v) is 30.1. The molecule has 0 amide bonds. The minimum absolute atomic E-state index is 0.0858. The fourth-order valence-electron chi connectivity index (χ4n) is 3.16. The van der Waals surface area contributed by atoms with Crippen LogP contribution in [0.3, 0.4) is 0 Å². The van der Waals surface area contributed by atoms with Gasteiger partial charge in [0.1, 0.15) is 34.2 Å². The number of pyridine rings is 1. The lowest BCUT2D eigenvalue weighted by Crippen LogP contribution is -2.41. The summed E-state index contributed by atoms with van der Waals surface area (Å²) < 4.78 is 41.3. The van der Waals surface area contributed by atoms with Crippen LogP contribution in [0.25, 0.3) is 0 Å². The normalized spacial score (nSPS) is 14.7. The van der Waals surface area contributed by atoms with Crippen molar-refractivity contribution >= 4 is 59.6 Å². The monoisotopic (exact) mass is 722 g/mol. The molecule has 7 nitrogen and oxygen atoms in total. The molecule has 0 aliphatic carbocycles. The molecule has 40 heavy (non-hydrogen) atoms. The molecule has 224 valence electrons. The second-order valence-electron chi connectivity index (χ2n) is 12.1. The van der Waals surface area contributed by atoms with Crippen molar-refractivity contribution in [3.05, 3.63) is 50.3 Å². The summed E-state index contributed by atoms with van der Waals surface area (Å²) in [4.78, 5) is 4.60. The summed E-state index contributed by atoms with van der Waals surface area (Å²) in [6, 6.07) is 9.67. The first-order chi connectivity index (χ1) is 18.4. The van der Waals surface area contributed by atoms with E-state index in [1.807, 2.05) is 58.0 Å². The Morgan fingerprint density at radius 1 is 1.15 bits per heavy atom. The molecule has 0 bridgehead atoms. The van der Waals surface area contributed by atoms with E-state index < -0.39 is 24.4 Å². The van der Waals surface area contributed by atoms with Crippen LogP contribution in [0.2, 0.25) is 23.3 Å². The molecule has 0 saturated heterocycles. The molecule has 0 fully saturated rings. The van der Waals surface area contributed by atoms with Gasteiger partial charge in [-0.2, -0.15) is 0 Å². The first kappa shape index (κ1) is 35.3. The summed E-state index contributed by atoms with van der Waals surface area (Å²) in [5.41, 5.74) is 2.43. The molecule has 1 aromatic heterocycles. The number of halogens is 2. The molecule has 2 unspecified atom stereocenters. The fourth-order valence-corrected chi connectivity index (χ4v) is 6.32. The Kier molecular flexibility index (Phi) is 13.3. The molecule has 2 atom stereocenters. The van der Waals surface area contributed by atoms with Gasteiger partial charge in [0, 0.05) is 6.42 Å². The van der Waals surface area contributed by atoms with Gasteiger partial charge in [0.25, 0.3) is 0 Å². The summed E-state index contributed by atoms with van der Waals surface area (Å²) in [7, 11) is -0.343. The van der Waals surface area contributed by atoms with Crippen molar-refractivity contribution in [2.45, 2.75) is 90.5 Å². The van der Waals surface area contributed by atoms with Crippen LogP contribution in [0, 0.1) is 3.57 Å². The van der Waals surface area contributed by atoms with Crippen LogP contribution in [0.1, 0.15) is 72.2 Å². The van der Waals surface area contributed by atoms with Crippen LogP contribution in [-0.2, 0) is 27.1 Å². The Bertz CT molecular complexity index is 1110. The summed E-state index contributed by atoms with van der Waals surface area (Å²) in [6.07, 6.45) is 0.268. The van der Waals surface area contributed by atoms with Crippen molar-refractivity contribution in [1.82, 2.24) is 4.98 Å². The smallest absolute Gasteiger partial charge is 0.192 e. The first-order valence-electron chi connectivity index (χ1n) is 13.3. The van der Waals surface area contributed by atoms with E-state index >= 15 is 0 Å². The number of aromatic nitrogens is 1. The van der Waals surface area contributed by atoms with Gasteiger partial charge in [-0.05, 0) is 92.2 Å². The van der Waals surface area contributed by atoms with E-state index in [-0.39, 0.29) is 22.9 Å². The highest BCUT2D eigenvalue weighted by Crippen LogP contribution is 2.40. The Labute approximate surface area is 263 Å². The molecule has 1 heterocycles. The lowest BCUT2D eigenvalue weighted by molar-refractivity contribution is 0.127. The van der Waals surface area contributed by atoms with E-state index in [4.69, 9.17) is 30.2 Å². The number of hydrogen-bond donors (Lipinski definition) is 0. The zero-order chi connectivity index (χ0) is 30.3. The number of ether oxygens (including phenoxy) is 3. The van der Waals surface area contributed by atoms with Gasteiger partial charge in [0.05, 0.1) is 35.7 Å². The molecule has 0 saturated carbocycles. The van der Waals surface area contributed by atoms with Crippen molar-refractivity contribution < 1.29 is 23.2 Å². The zero-order valence-electron chi connectivity index (χ0n) is 25.4. The lowest BCUT2D eigenvalue weighted by Gasteiger charge is -2.38.